The number of nitrogens with zero attached hydrogens (tertiary/aromatic N) is 2. The van der Waals surface area contributed by atoms with Crippen molar-refractivity contribution < 1.29 is 0 Å². The van der Waals surface area contributed by atoms with Gasteiger partial charge in [-0.05, 0) is 43.8 Å². The molecule has 1 fully saturated rings. The molecule has 0 spiro atoms. The van der Waals surface area contributed by atoms with Gasteiger partial charge in [0, 0.05) is 12.4 Å². The molecule has 1 saturated heterocycles. The largest absolute Gasteiger partial charge is 0.316 e. The molecule has 0 aliphatic carbocycles. The monoisotopic (exact) mass is 243 g/mol. The Kier molecular flexibility index (Phi) is 3.08. The minimum Gasteiger partial charge on any atom is -0.316 e. The van der Waals surface area contributed by atoms with E-state index in [1.807, 2.05) is 11.7 Å². The first kappa shape index (κ1) is 11.7. The van der Waals surface area contributed by atoms with Gasteiger partial charge in [-0.1, -0.05) is 25.1 Å². The molecule has 2 aromatic rings. The summed E-state index contributed by atoms with van der Waals surface area (Å²) in [6, 6.07) is 8.54. The molecule has 0 bridgehead atoms. The molecule has 3 nitrogen and oxygen atoms in total. The molecule has 1 aromatic heterocycles. The number of aryl methyl sites for hydroxylation is 1. The zero-order valence-corrected chi connectivity index (χ0v) is 11.2. The topological polar surface area (TPSA) is 29.9 Å². The van der Waals surface area contributed by atoms with Gasteiger partial charge in [0.15, 0.2) is 0 Å². The fourth-order valence-electron chi connectivity index (χ4n) is 3.06. The first-order valence-corrected chi connectivity index (χ1v) is 6.87. The Balaban J connectivity index is 1.90. The summed E-state index contributed by atoms with van der Waals surface area (Å²) in [6.07, 6.45) is 2.39. The number of para-hydroxylation sites is 1. The molecule has 1 aliphatic heterocycles. The lowest BCUT2D eigenvalue weighted by atomic mass is 9.84. The van der Waals surface area contributed by atoms with E-state index in [0.717, 1.165) is 31.3 Å². The number of aromatic nitrogens is 2. The van der Waals surface area contributed by atoms with Crippen molar-refractivity contribution in [1.29, 1.82) is 0 Å². The van der Waals surface area contributed by atoms with Crippen molar-refractivity contribution in [3.63, 3.8) is 0 Å². The molecule has 1 aliphatic rings. The van der Waals surface area contributed by atoms with Crippen LogP contribution in [-0.2, 0) is 13.5 Å². The molecule has 1 aromatic carbocycles. The SMILES string of the molecule is CC1CNCCC1Cc1nn(C)c2ccccc12. The van der Waals surface area contributed by atoms with E-state index in [-0.39, 0.29) is 0 Å². The van der Waals surface area contributed by atoms with Gasteiger partial charge in [-0.15, -0.1) is 0 Å². The first-order valence-electron chi connectivity index (χ1n) is 6.87. The molecular weight excluding hydrogens is 222 g/mol. The number of hydrogen-bond acceptors (Lipinski definition) is 2. The summed E-state index contributed by atoms with van der Waals surface area (Å²) in [6.45, 7) is 4.65. The molecule has 1 N–H and O–H groups in total. The highest BCUT2D eigenvalue weighted by Crippen LogP contribution is 2.26. The maximum Gasteiger partial charge on any atom is 0.0706 e. The molecule has 18 heavy (non-hydrogen) atoms. The third kappa shape index (κ3) is 2.03. The van der Waals surface area contributed by atoms with Gasteiger partial charge in [-0.3, -0.25) is 4.68 Å². The van der Waals surface area contributed by atoms with Crippen molar-refractivity contribution in [2.45, 2.75) is 19.8 Å². The van der Waals surface area contributed by atoms with Crippen LogP contribution in [0.5, 0.6) is 0 Å². The Morgan fingerprint density at radius 1 is 1.39 bits per heavy atom. The lowest BCUT2D eigenvalue weighted by Crippen LogP contribution is -2.36. The van der Waals surface area contributed by atoms with E-state index >= 15 is 0 Å². The van der Waals surface area contributed by atoms with Crippen LogP contribution in [0.2, 0.25) is 0 Å². The van der Waals surface area contributed by atoms with E-state index in [9.17, 15) is 0 Å². The second-order valence-electron chi connectivity index (χ2n) is 5.52. The minimum atomic E-state index is 0.750. The summed E-state index contributed by atoms with van der Waals surface area (Å²) < 4.78 is 2.01. The summed E-state index contributed by atoms with van der Waals surface area (Å²) in [5.41, 5.74) is 2.51. The van der Waals surface area contributed by atoms with Crippen molar-refractivity contribution in [2.24, 2.45) is 18.9 Å². The molecular formula is C15H21N3. The second-order valence-corrected chi connectivity index (χ2v) is 5.52. The highest BCUT2D eigenvalue weighted by Gasteiger charge is 2.23. The average Bonchev–Trinajstić information content (AvgIpc) is 2.70. The van der Waals surface area contributed by atoms with Crippen LogP contribution in [0.3, 0.4) is 0 Å². The summed E-state index contributed by atoms with van der Waals surface area (Å²) in [4.78, 5) is 0. The zero-order chi connectivity index (χ0) is 12.5. The van der Waals surface area contributed by atoms with Crippen LogP contribution in [0.4, 0.5) is 0 Å². The molecule has 2 heterocycles. The Labute approximate surface area is 108 Å². The summed E-state index contributed by atoms with van der Waals surface area (Å²) in [7, 11) is 2.04. The van der Waals surface area contributed by atoms with E-state index in [4.69, 9.17) is 5.10 Å². The van der Waals surface area contributed by atoms with Crippen LogP contribution in [0.25, 0.3) is 10.9 Å². The predicted molar refractivity (Wildman–Crippen MR) is 74.6 cm³/mol. The van der Waals surface area contributed by atoms with Gasteiger partial charge in [0.2, 0.25) is 0 Å². The fraction of sp³-hybridized carbons (Fsp3) is 0.533. The molecule has 0 saturated carbocycles. The number of hydrogen-bond donors (Lipinski definition) is 1. The summed E-state index contributed by atoms with van der Waals surface area (Å²) >= 11 is 0. The van der Waals surface area contributed by atoms with Crippen molar-refractivity contribution in [3.8, 4) is 0 Å². The summed E-state index contributed by atoms with van der Waals surface area (Å²) in [5.74, 6) is 1.52. The highest BCUT2D eigenvalue weighted by atomic mass is 15.3. The number of benzene rings is 1. The maximum atomic E-state index is 4.71. The van der Waals surface area contributed by atoms with E-state index in [0.29, 0.717) is 0 Å². The van der Waals surface area contributed by atoms with Crippen LogP contribution in [-0.4, -0.2) is 22.9 Å². The molecule has 0 amide bonds. The van der Waals surface area contributed by atoms with Crippen molar-refractivity contribution >= 4 is 10.9 Å². The van der Waals surface area contributed by atoms with Crippen LogP contribution in [0.1, 0.15) is 19.0 Å². The van der Waals surface area contributed by atoms with E-state index in [2.05, 4.69) is 36.5 Å². The van der Waals surface area contributed by atoms with Crippen molar-refractivity contribution in [1.82, 2.24) is 15.1 Å². The quantitative estimate of drug-likeness (QED) is 0.877. The third-order valence-corrected chi connectivity index (χ3v) is 4.25. The Hall–Kier alpha value is -1.35. The van der Waals surface area contributed by atoms with Gasteiger partial charge in [-0.2, -0.15) is 5.10 Å². The van der Waals surface area contributed by atoms with Gasteiger partial charge in [0.25, 0.3) is 0 Å². The lowest BCUT2D eigenvalue weighted by molar-refractivity contribution is 0.270. The molecule has 96 valence electrons. The standard InChI is InChI=1S/C15H21N3/c1-11-10-16-8-7-12(11)9-14-13-5-3-4-6-15(13)18(2)17-14/h3-6,11-12,16H,7-10H2,1-2H3. The molecule has 3 heteroatoms. The molecule has 3 rings (SSSR count). The Bertz CT molecular complexity index is 544. The summed E-state index contributed by atoms with van der Waals surface area (Å²) in [5, 5.41) is 9.51. The molecule has 2 unspecified atom stereocenters. The van der Waals surface area contributed by atoms with Crippen LogP contribution in [0, 0.1) is 11.8 Å². The van der Waals surface area contributed by atoms with Gasteiger partial charge in [-0.25, -0.2) is 0 Å². The maximum absolute atomic E-state index is 4.71. The van der Waals surface area contributed by atoms with Crippen LogP contribution < -0.4 is 5.32 Å². The van der Waals surface area contributed by atoms with Gasteiger partial charge in [0.1, 0.15) is 0 Å². The zero-order valence-electron chi connectivity index (χ0n) is 11.2. The fourth-order valence-corrected chi connectivity index (χ4v) is 3.06. The lowest BCUT2D eigenvalue weighted by Gasteiger charge is -2.29. The smallest absolute Gasteiger partial charge is 0.0706 e. The molecule has 0 radical (unpaired) electrons. The van der Waals surface area contributed by atoms with Crippen molar-refractivity contribution in [2.75, 3.05) is 13.1 Å². The number of nitrogens with one attached hydrogen (secondary N) is 1. The van der Waals surface area contributed by atoms with E-state index < -0.39 is 0 Å². The molecule has 2 atom stereocenters. The van der Waals surface area contributed by atoms with Gasteiger partial charge < -0.3 is 5.32 Å². The van der Waals surface area contributed by atoms with E-state index in [1.54, 1.807) is 0 Å². The van der Waals surface area contributed by atoms with E-state index in [1.165, 1.54) is 23.0 Å². The number of rotatable bonds is 2. The Morgan fingerprint density at radius 2 is 2.22 bits per heavy atom. The van der Waals surface area contributed by atoms with Crippen molar-refractivity contribution in [3.05, 3.63) is 30.0 Å². The van der Waals surface area contributed by atoms with Crippen LogP contribution >= 0.6 is 0 Å². The minimum absolute atomic E-state index is 0.750. The van der Waals surface area contributed by atoms with Gasteiger partial charge >= 0.3 is 0 Å². The average molecular weight is 243 g/mol. The van der Waals surface area contributed by atoms with Gasteiger partial charge in [0.05, 0.1) is 11.2 Å². The first-order chi connectivity index (χ1) is 8.75. The van der Waals surface area contributed by atoms with Crippen LogP contribution in [0.15, 0.2) is 24.3 Å². The Morgan fingerprint density at radius 3 is 3.06 bits per heavy atom. The normalized spacial score (nSPS) is 24.6. The highest BCUT2D eigenvalue weighted by molar-refractivity contribution is 5.81. The number of fused-ring (bicyclic) bond motifs is 1. The number of piperidine rings is 1. The third-order valence-electron chi connectivity index (χ3n) is 4.25. The predicted octanol–water partition coefficient (Wildman–Crippen LogP) is 2.36. The second kappa shape index (κ2) is 4.73.